The van der Waals surface area contributed by atoms with Gasteiger partial charge in [-0.2, -0.15) is 13.2 Å². The molecule has 2 fully saturated rings. The molecule has 2 aliphatic rings. The van der Waals surface area contributed by atoms with Crippen molar-refractivity contribution in [3.8, 4) is 0 Å². The molecule has 2 heterocycles. The Kier molecular flexibility index (Phi) is 8.07. The fourth-order valence-electron chi connectivity index (χ4n) is 5.78. The van der Waals surface area contributed by atoms with Gasteiger partial charge in [-0.1, -0.05) is 36.6 Å². The summed E-state index contributed by atoms with van der Waals surface area (Å²) in [6.07, 6.45) is 2.58. The Bertz CT molecular complexity index is 1490. The molecule has 0 saturated heterocycles. The topological polar surface area (TPSA) is 123 Å². The molecule has 1 aromatic carbocycles. The first-order valence-corrected chi connectivity index (χ1v) is 14.0. The van der Waals surface area contributed by atoms with Crippen LogP contribution in [0.1, 0.15) is 75.0 Å². The summed E-state index contributed by atoms with van der Waals surface area (Å²) in [5, 5.41) is 6.75. The quantitative estimate of drug-likeness (QED) is 0.108. The number of oxime groups is 1. The molecule has 0 spiro atoms. The Balaban J connectivity index is 1.42. The monoisotopic (exact) mass is 582 g/mol. The van der Waals surface area contributed by atoms with Gasteiger partial charge in [-0.3, -0.25) is 14.8 Å². The minimum absolute atomic E-state index is 0.0445. The van der Waals surface area contributed by atoms with E-state index in [1.807, 2.05) is 12.1 Å². The standard InChI is InChI=1S/C30H33F3N6O3/c1-18(34)38-42-28(41)29(14-4-3-5-15-29)27(40)39(2)26(30(31,32)33)20-10-12-21(13-11-20)37-23-17-36-22-7-6-16-35-25(22)24(23)19-8-9-19/h6-7,10-13,16-17,19,26,37H,3-5,8-9,14-15H2,1-2H3,(H2,34,38)/t26-/m0/s1. The number of benzene rings is 1. The minimum atomic E-state index is -4.81. The van der Waals surface area contributed by atoms with Crippen molar-refractivity contribution < 1.29 is 27.6 Å². The van der Waals surface area contributed by atoms with E-state index in [-0.39, 0.29) is 24.2 Å². The number of hydrogen-bond donors (Lipinski definition) is 2. The molecule has 2 saturated carbocycles. The van der Waals surface area contributed by atoms with E-state index in [9.17, 15) is 22.8 Å². The molecule has 42 heavy (non-hydrogen) atoms. The molecule has 12 heteroatoms. The lowest BCUT2D eigenvalue weighted by molar-refractivity contribution is -0.197. The second-order valence-electron chi connectivity index (χ2n) is 11.1. The molecule has 0 aliphatic heterocycles. The van der Waals surface area contributed by atoms with E-state index in [1.165, 1.54) is 31.2 Å². The first-order valence-electron chi connectivity index (χ1n) is 14.0. The largest absolute Gasteiger partial charge is 0.413 e. The van der Waals surface area contributed by atoms with Gasteiger partial charge in [0.25, 0.3) is 0 Å². The number of carbonyl (C=O) groups excluding carboxylic acids is 2. The molecular formula is C30H33F3N6O3. The van der Waals surface area contributed by atoms with E-state index in [4.69, 9.17) is 10.6 Å². The van der Waals surface area contributed by atoms with Crippen molar-refractivity contribution in [1.82, 2.24) is 14.9 Å². The summed E-state index contributed by atoms with van der Waals surface area (Å²) in [7, 11) is 1.07. The molecule has 5 rings (SSSR count). The normalized spacial score (nSPS) is 17.9. The predicted molar refractivity (Wildman–Crippen MR) is 152 cm³/mol. The summed E-state index contributed by atoms with van der Waals surface area (Å²) in [5.74, 6) is -1.64. The fraction of sp³-hybridized carbons (Fsp3) is 0.433. The number of amides is 1. The number of alkyl halides is 3. The molecule has 9 nitrogen and oxygen atoms in total. The lowest BCUT2D eigenvalue weighted by Crippen LogP contribution is -2.52. The lowest BCUT2D eigenvalue weighted by Gasteiger charge is -2.39. The third kappa shape index (κ3) is 5.88. The minimum Gasteiger partial charge on any atom is -0.385 e. The van der Waals surface area contributed by atoms with E-state index in [1.54, 1.807) is 12.4 Å². The SMILES string of the molecule is C/C(N)=N/OC(=O)C1(C(=O)N(C)[C@@H](c2ccc(Nc3cnc4cccnc4c3C3CC3)cc2)C(F)(F)F)CCCCC1. The van der Waals surface area contributed by atoms with Crippen LogP contribution in [-0.2, 0) is 14.4 Å². The van der Waals surface area contributed by atoms with Crippen LogP contribution in [0.5, 0.6) is 0 Å². The average Bonchev–Trinajstić information content (AvgIpc) is 3.81. The molecule has 2 aliphatic carbocycles. The maximum Gasteiger partial charge on any atom is 0.413 e. The van der Waals surface area contributed by atoms with Crippen LogP contribution < -0.4 is 11.1 Å². The van der Waals surface area contributed by atoms with Crippen LogP contribution in [0.15, 0.2) is 53.9 Å². The maximum absolute atomic E-state index is 14.5. The molecule has 1 atom stereocenters. The third-order valence-corrected chi connectivity index (χ3v) is 7.95. The number of anilines is 2. The number of aromatic nitrogens is 2. The smallest absolute Gasteiger partial charge is 0.385 e. The van der Waals surface area contributed by atoms with Crippen molar-refractivity contribution in [2.75, 3.05) is 12.4 Å². The third-order valence-electron chi connectivity index (χ3n) is 7.95. The van der Waals surface area contributed by atoms with Gasteiger partial charge in [0.2, 0.25) is 5.91 Å². The van der Waals surface area contributed by atoms with Gasteiger partial charge in [-0.15, -0.1) is 0 Å². The van der Waals surface area contributed by atoms with Gasteiger partial charge in [0.05, 0.1) is 22.9 Å². The van der Waals surface area contributed by atoms with E-state index in [0.29, 0.717) is 29.3 Å². The summed E-state index contributed by atoms with van der Waals surface area (Å²) in [5.41, 5.74) is 7.50. The summed E-state index contributed by atoms with van der Waals surface area (Å²) in [6, 6.07) is 7.18. The van der Waals surface area contributed by atoms with E-state index < -0.39 is 29.5 Å². The Morgan fingerprint density at radius 3 is 2.43 bits per heavy atom. The summed E-state index contributed by atoms with van der Waals surface area (Å²) < 4.78 is 43.6. The molecule has 1 amide bonds. The second kappa shape index (κ2) is 11.6. The van der Waals surface area contributed by atoms with E-state index >= 15 is 0 Å². The van der Waals surface area contributed by atoms with Gasteiger partial charge < -0.3 is 20.8 Å². The highest BCUT2D eigenvalue weighted by molar-refractivity contribution is 6.03. The average molecular weight is 583 g/mol. The Morgan fingerprint density at radius 2 is 1.81 bits per heavy atom. The lowest BCUT2D eigenvalue weighted by atomic mass is 9.72. The van der Waals surface area contributed by atoms with Crippen molar-refractivity contribution in [3.05, 3.63) is 59.9 Å². The molecule has 0 unspecified atom stereocenters. The highest BCUT2D eigenvalue weighted by atomic mass is 19.4. The highest BCUT2D eigenvalue weighted by Crippen LogP contribution is 2.47. The van der Waals surface area contributed by atoms with Crippen LogP contribution in [0.4, 0.5) is 24.5 Å². The number of pyridine rings is 2. The molecule has 2 aromatic heterocycles. The van der Waals surface area contributed by atoms with E-state index in [2.05, 4.69) is 20.4 Å². The number of nitrogens with one attached hydrogen (secondary N) is 1. The van der Waals surface area contributed by atoms with Crippen molar-refractivity contribution in [3.63, 3.8) is 0 Å². The summed E-state index contributed by atoms with van der Waals surface area (Å²) in [6.45, 7) is 1.40. The number of halogens is 3. The Hall–Kier alpha value is -4.22. The second-order valence-corrected chi connectivity index (χ2v) is 11.1. The number of rotatable bonds is 8. The molecule has 0 bridgehead atoms. The van der Waals surface area contributed by atoms with Crippen molar-refractivity contribution in [2.45, 2.75) is 70.0 Å². The fourth-order valence-corrected chi connectivity index (χ4v) is 5.78. The first kappa shape index (κ1) is 29.3. The zero-order valence-corrected chi connectivity index (χ0v) is 23.4. The van der Waals surface area contributed by atoms with Crippen molar-refractivity contribution in [2.24, 2.45) is 16.3 Å². The molecule has 3 N–H and O–H groups in total. The van der Waals surface area contributed by atoms with E-state index in [0.717, 1.165) is 48.6 Å². The number of amidine groups is 1. The maximum atomic E-state index is 14.5. The van der Waals surface area contributed by atoms with Crippen LogP contribution >= 0.6 is 0 Å². The van der Waals surface area contributed by atoms with Crippen LogP contribution in [0.3, 0.4) is 0 Å². The number of hydrogen-bond acceptors (Lipinski definition) is 7. The van der Waals surface area contributed by atoms with Gasteiger partial charge in [0.15, 0.2) is 6.04 Å². The number of fused-ring (bicyclic) bond motifs is 1. The van der Waals surface area contributed by atoms with Crippen LogP contribution in [-0.4, -0.2) is 45.8 Å². The van der Waals surface area contributed by atoms with Gasteiger partial charge >= 0.3 is 12.1 Å². The van der Waals surface area contributed by atoms with Gasteiger partial charge in [-0.05, 0) is 68.4 Å². The molecule has 3 aromatic rings. The molecule has 0 radical (unpaired) electrons. The Labute approximate surface area is 241 Å². The predicted octanol–water partition coefficient (Wildman–Crippen LogP) is 6.10. The van der Waals surface area contributed by atoms with Gasteiger partial charge in [-0.25, -0.2) is 4.79 Å². The van der Waals surface area contributed by atoms with Gasteiger partial charge in [0.1, 0.15) is 11.3 Å². The zero-order valence-electron chi connectivity index (χ0n) is 23.4. The summed E-state index contributed by atoms with van der Waals surface area (Å²) >= 11 is 0. The van der Waals surface area contributed by atoms with Crippen molar-refractivity contribution in [1.29, 1.82) is 0 Å². The van der Waals surface area contributed by atoms with Crippen LogP contribution in [0, 0.1) is 5.41 Å². The number of nitrogens with zero attached hydrogens (tertiary/aromatic N) is 4. The zero-order chi connectivity index (χ0) is 30.1. The summed E-state index contributed by atoms with van der Waals surface area (Å²) in [4.78, 5) is 41.2. The van der Waals surface area contributed by atoms with Crippen LogP contribution in [0.25, 0.3) is 11.0 Å². The number of nitrogens with two attached hydrogens (primary N) is 1. The highest BCUT2D eigenvalue weighted by Gasteiger charge is 2.54. The Morgan fingerprint density at radius 1 is 1.12 bits per heavy atom. The number of carbonyl (C=O) groups is 2. The molecular weight excluding hydrogens is 549 g/mol. The van der Waals surface area contributed by atoms with Crippen LogP contribution in [0.2, 0.25) is 0 Å². The van der Waals surface area contributed by atoms with Gasteiger partial charge in [0, 0.05) is 24.5 Å². The van der Waals surface area contributed by atoms with Crippen molar-refractivity contribution >= 4 is 40.1 Å². The first-order chi connectivity index (χ1) is 20.0. The molecule has 222 valence electrons.